The SMILES string of the molecule is Cc1c(NC(=O)CSc2nnc(-c3ccc(Cl)cc3)n2C)cccc1[N+](=O)[O-]. The van der Waals surface area contributed by atoms with E-state index in [2.05, 4.69) is 15.5 Å². The number of nitro groups is 1. The number of nitro benzene ring substituents is 1. The van der Waals surface area contributed by atoms with E-state index in [0.29, 0.717) is 27.3 Å². The van der Waals surface area contributed by atoms with Crippen molar-refractivity contribution in [1.82, 2.24) is 14.8 Å². The molecule has 0 radical (unpaired) electrons. The minimum Gasteiger partial charge on any atom is -0.325 e. The van der Waals surface area contributed by atoms with E-state index in [9.17, 15) is 14.9 Å². The van der Waals surface area contributed by atoms with E-state index in [4.69, 9.17) is 11.6 Å². The lowest BCUT2D eigenvalue weighted by molar-refractivity contribution is -0.385. The molecule has 0 aliphatic carbocycles. The zero-order chi connectivity index (χ0) is 20.3. The summed E-state index contributed by atoms with van der Waals surface area (Å²) >= 11 is 7.13. The van der Waals surface area contributed by atoms with Crippen LogP contribution in [-0.4, -0.2) is 31.3 Å². The fourth-order valence-corrected chi connectivity index (χ4v) is 3.40. The van der Waals surface area contributed by atoms with Crippen LogP contribution < -0.4 is 5.32 Å². The third-order valence-corrected chi connectivity index (χ3v) is 5.32. The number of anilines is 1. The van der Waals surface area contributed by atoms with E-state index < -0.39 is 4.92 Å². The summed E-state index contributed by atoms with van der Waals surface area (Å²) in [5.41, 5.74) is 1.66. The fourth-order valence-electron chi connectivity index (χ4n) is 2.56. The summed E-state index contributed by atoms with van der Waals surface area (Å²) in [5.74, 6) is 0.466. The summed E-state index contributed by atoms with van der Waals surface area (Å²) in [5, 5.41) is 23.2. The Hall–Kier alpha value is -2.91. The molecular formula is C18H16ClN5O3S. The average Bonchev–Trinajstić information content (AvgIpc) is 3.03. The van der Waals surface area contributed by atoms with E-state index >= 15 is 0 Å². The first kappa shape index (κ1) is 19.8. The first-order valence-corrected chi connectivity index (χ1v) is 9.55. The molecule has 28 heavy (non-hydrogen) atoms. The van der Waals surface area contributed by atoms with Gasteiger partial charge in [-0.15, -0.1) is 10.2 Å². The molecule has 3 rings (SSSR count). The number of nitrogens with one attached hydrogen (secondary N) is 1. The van der Waals surface area contributed by atoms with Crippen molar-refractivity contribution in [2.75, 3.05) is 11.1 Å². The zero-order valence-electron chi connectivity index (χ0n) is 15.0. The van der Waals surface area contributed by atoms with Crippen molar-refractivity contribution >= 4 is 40.6 Å². The maximum atomic E-state index is 12.3. The smallest absolute Gasteiger partial charge is 0.274 e. The molecule has 0 saturated heterocycles. The lowest BCUT2D eigenvalue weighted by atomic mass is 10.1. The molecule has 0 bridgehead atoms. The number of halogens is 1. The second-order valence-electron chi connectivity index (χ2n) is 5.92. The fraction of sp³-hybridized carbons (Fsp3) is 0.167. The number of benzene rings is 2. The van der Waals surface area contributed by atoms with Gasteiger partial charge in [0.15, 0.2) is 11.0 Å². The number of nitrogens with zero attached hydrogens (tertiary/aromatic N) is 4. The Balaban J connectivity index is 1.67. The number of hydrogen-bond donors (Lipinski definition) is 1. The second-order valence-corrected chi connectivity index (χ2v) is 7.29. The van der Waals surface area contributed by atoms with Gasteiger partial charge in [0.1, 0.15) is 0 Å². The van der Waals surface area contributed by atoms with Crippen LogP contribution in [0.1, 0.15) is 5.56 Å². The summed E-state index contributed by atoms with van der Waals surface area (Å²) in [4.78, 5) is 22.8. The van der Waals surface area contributed by atoms with Crippen LogP contribution in [0.3, 0.4) is 0 Å². The van der Waals surface area contributed by atoms with Crippen LogP contribution in [0.4, 0.5) is 11.4 Å². The minimum atomic E-state index is -0.475. The van der Waals surface area contributed by atoms with Gasteiger partial charge in [-0.3, -0.25) is 14.9 Å². The van der Waals surface area contributed by atoms with Gasteiger partial charge >= 0.3 is 0 Å². The predicted molar refractivity (Wildman–Crippen MR) is 109 cm³/mol. The summed E-state index contributed by atoms with van der Waals surface area (Å²) in [6.07, 6.45) is 0. The highest BCUT2D eigenvalue weighted by molar-refractivity contribution is 7.99. The highest BCUT2D eigenvalue weighted by atomic mass is 35.5. The van der Waals surface area contributed by atoms with Crippen molar-refractivity contribution < 1.29 is 9.72 Å². The summed E-state index contributed by atoms with van der Waals surface area (Å²) < 4.78 is 1.79. The highest BCUT2D eigenvalue weighted by Gasteiger charge is 2.16. The lowest BCUT2D eigenvalue weighted by Crippen LogP contribution is -2.15. The van der Waals surface area contributed by atoms with Gasteiger partial charge in [0.05, 0.1) is 21.9 Å². The van der Waals surface area contributed by atoms with E-state index in [0.717, 1.165) is 5.56 Å². The average molecular weight is 418 g/mol. The molecule has 0 aliphatic rings. The Morgan fingerprint density at radius 3 is 2.64 bits per heavy atom. The standard InChI is InChI=1S/C18H16ClN5O3S/c1-11-14(4-3-5-15(11)24(26)27)20-16(25)10-28-18-22-21-17(23(18)2)12-6-8-13(19)9-7-12/h3-9H,10H2,1-2H3,(H,20,25). The van der Waals surface area contributed by atoms with E-state index in [1.165, 1.54) is 23.9 Å². The van der Waals surface area contributed by atoms with Crippen molar-refractivity contribution in [1.29, 1.82) is 0 Å². The lowest BCUT2D eigenvalue weighted by Gasteiger charge is -2.08. The molecule has 0 fully saturated rings. The van der Waals surface area contributed by atoms with Crippen molar-refractivity contribution in [2.45, 2.75) is 12.1 Å². The number of rotatable bonds is 6. The second kappa shape index (κ2) is 8.41. The summed E-state index contributed by atoms with van der Waals surface area (Å²) in [6, 6.07) is 11.8. The molecule has 1 N–H and O–H groups in total. The Kier molecular flexibility index (Phi) is 5.96. The molecule has 1 aromatic heterocycles. The molecule has 144 valence electrons. The largest absolute Gasteiger partial charge is 0.325 e. The maximum absolute atomic E-state index is 12.3. The molecule has 3 aromatic rings. The number of hydrogen-bond acceptors (Lipinski definition) is 6. The summed E-state index contributed by atoms with van der Waals surface area (Å²) in [7, 11) is 1.81. The van der Waals surface area contributed by atoms with Crippen molar-refractivity contribution in [3.8, 4) is 11.4 Å². The molecule has 10 heteroatoms. The molecule has 0 saturated carbocycles. The van der Waals surface area contributed by atoms with E-state index in [1.807, 2.05) is 19.2 Å². The summed E-state index contributed by atoms with van der Waals surface area (Å²) in [6.45, 7) is 1.60. The number of aromatic nitrogens is 3. The Morgan fingerprint density at radius 1 is 1.25 bits per heavy atom. The third-order valence-electron chi connectivity index (χ3n) is 4.05. The van der Waals surface area contributed by atoms with Gasteiger partial charge in [0.25, 0.3) is 5.69 Å². The van der Waals surface area contributed by atoms with Crippen LogP contribution in [0, 0.1) is 17.0 Å². The van der Waals surface area contributed by atoms with Crippen LogP contribution in [-0.2, 0) is 11.8 Å². The molecule has 0 unspecified atom stereocenters. The van der Waals surface area contributed by atoms with Gasteiger partial charge in [-0.25, -0.2) is 0 Å². The quantitative estimate of drug-likeness (QED) is 0.368. The maximum Gasteiger partial charge on any atom is 0.274 e. The zero-order valence-corrected chi connectivity index (χ0v) is 16.6. The number of thioether (sulfide) groups is 1. The van der Waals surface area contributed by atoms with Gasteiger partial charge in [0, 0.05) is 23.7 Å². The van der Waals surface area contributed by atoms with Crippen molar-refractivity contribution in [3.05, 3.63) is 63.2 Å². The first-order chi connectivity index (χ1) is 13.4. The van der Waals surface area contributed by atoms with E-state index in [-0.39, 0.29) is 17.3 Å². The number of amides is 1. The van der Waals surface area contributed by atoms with Gasteiger partial charge < -0.3 is 9.88 Å². The molecule has 8 nitrogen and oxygen atoms in total. The van der Waals surface area contributed by atoms with Crippen LogP contribution in [0.25, 0.3) is 11.4 Å². The van der Waals surface area contributed by atoms with Crippen LogP contribution in [0.2, 0.25) is 5.02 Å². The monoisotopic (exact) mass is 417 g/mol. The van der Waals surface area contributed by atoms with E-state index in [1.54, 1.807) is 29.7 Å². The first-order valence-electron chi connectivity index (χ1n) is 8.19. The van der Waals surface area contributed by atoms with Crippen molar-refractivity contribution in [2.24, 2.45) is 7.05 Å². The molecule has 0 aliphatic heterocycles. The van der Waals surface area contributed by atoms with Crippen molar-refractivity contribution in [3.63, 3.8) is 0 Å². The van der Waals surface area contributed by atoms with Gasteiger partial charge in [0.2, 0.25) is 5.91 Å². The Morgan fingerprint density at radius 2 is 1.96 bits per heavy atom. The molecule has 0 atom stereocenters. The molecule has 2 aromatic carbocycles. The van der Waals surface area contributed by atoms with Crippen LogP contribution in [0.15, 0.2) is 47.6 Å². The number of carbonyl (C=O) groups excluding carboxylic acids is 1. The molecular weight excluding hydrogens is 402 g/mol. The molecule has 1 heterocycles. The Bertz CT molecular complexity index is 1040. The Labute approximate surface area is 170 Å². The minimum absolute atomic E-state index is 0.0358. The normalized spacial score (nSPS) is 10.7. The van der Waals surface area contributed by atoms with Crippen LogP contribution in [0.5, 0.6) is 0 Å². The number of carbonyl (C=O) groups is 1. The third kappa shape index (κ3) is 4.32. The predicted octanol–water partition coefficient (Wildman–Crippen LogP) is 4.08. The van der Waals surface area contributed by atoms with Gasteiger partial charge in [-0.05, 0) is 37.3 Å². The van der Waals surface area contributed by atoms with Crippen LogP contribution >= 0.6 is 23.4 Å². The van der Waals surface area contributed by atoms with Gasteiger partial charge in [-0.2, -0.15) is 0 Å². The van der Waals surface area contributed by atoms with Gasteiger partial charge in [-0.1, -0.05) is 29.4 Å². The topological polar surface area (TPSA) is 103 Å². The molecule has 0 spiro atoms. The highest BCUT2D eigenvalue weighted by Crippen LogP contribution is 2.26. The molecule has 1 amide bonds.